The van der Waals surface area contributed by atoms with Gasteiger partial charge in [0.05, 0.1) is 9.90 Å². The maximum Gasteiger partial charge on any atom is 0.275 e. The molecule has 1 heterocycles. The number of rotatable bonds is 6. The molecule has 24 heavy (non-hydrogen) atoms. The molecule has 0 saturated heterocycles. The number of nitrogens with two attached hydrogens (primary N) is 1. The maximum atomic E-state index is 12.2. The van der Waals surface area contributed by atoms with Gasteiger partial charge >= 0.3 is 0 Å². The van der Waals surface area contributed by atoms with Crippen LogP contribution in [0.15, 0.2) is 28.5 Å². The summed E-state index contributed by atoms with van der Waals surface area (Å²) >= 11 is 1.37. The normalized spacial score (nSPS) is 11.0. The van der Waals surface area contributed by atoms with Crippen molar-refractivity contribution in [3.63, 3.8) is 0 Å². The molecule has 0 unspecified atom stereocenters. The third-order valence-electron chi connectivity index (χ3n) is 3.15. The molecule has 0 atom stereocenters. The topological polar surface area (TPSA) is 114 Å². The number of aromatic nitrogens is 1. The number of nitrogens with one attached hydrogen (secondary N) is 2. The van der Waals surface area contributed by atoms with Crippen molar-refractivity contribution in [1.29, 1.82) is 0 Å². The van der Waals surface area contributed by atoms with Crippen LogP contribution in [-0.4, -0.2) is 32.9 Å². The van der Waals surface area contributed by atoms with E-state index in [0.717, 1.165) is 5.01 Å². The largest absolute Gasteiger partial charge is 0.330 e. The molecule has 0 saturated carbocycles. The summed E-state index contributed by atoms with van der Waals surface area (Å²) in [5.74, 6) is -0.388. The van der Waals surface area contributed by atoms with Crippen molar-refractivity contribution >= 4 is 45.4 Å². The molecule has 0 fully saturated rings. The van der Waals surface area contributed by atoms with Gasteiger partial charge in [0.15, 0.2) is 0 Å². The number of carbonyl (C=O) groups is 1. The minimum absolute atomic E-state index is 0. The van der Waals surface area contributed by atoms with E-state index in [-0.39, 0.29) is 28.9 Å². The van der Waals surface area contributed by atoms with Crippen molar-refractivity contribution in [3.8, 4) is 0 Å². The first-order valence-corrected chi connectivity index (χ1v) is 9.23. The van der Waals surface area contributed by atoms with E-state index < -0.39 is 10.0 Å². The number of aryl methyl sites for hydroxylation is 1. The Labute approximate surface area is 151 Å². The molecule has 0 aliphatic rings. The molecule has 0 radical (unpaired) electrons. The van der Waals surface area contributed by atoms with Crippen LogP contribution in [0, 0.1) is 6.92 Å². The summed E-state index contributed by atoms with van der Waals surface area (Å²) in [4.78, 5) is 16.5. The van der Waals surface area contributed by atoms with Gasteiger partial charge in [-0.1, -0.05) is 6.07 Å². The molecule has 132 valence electrons. The lowest BCUT2D eigenvalue weighted by atomic mass is 10.2. The molecule has 7 nitrogen and oxygen atoms in total. The zero-order chi connectivity index (χ0) is 17.0. The summed E-state index contributed by atoms with van der Waals surface area (Å²) in [6.45, 7) is 2.16. The summed E-state index contributed by atoms with van der Waals surface area (Å²) in [5.41, 5.74) is 6.73. The minimum atomic E-state index is -3.58. The van der Waals surface area contributed by atoms with E-state index in [4.69, 9.17) is 5.73 Å². The summed E-state index contributed by atoms with van der Waals surface area (Å²) < 4.78 is 26.2. The standard InChI is InChI=1S/C14H18N4O3S2.ClH/c1-9-3-4-10(7-12(9)23(20,21)16-2)17-14(19)11-8-22-13(18-11)5-6-15;/h3-4,7-8,16H,5-6,15H2,1-2H3,(H,17,19);1H. The van der Waals surface area contributed by atoms with Gasteiger partial charge in [-0.15, -0.1) is 23.7 Å². The number of benzene rings is 1. The molecular weight excluding hydrogens is 372 g/mol. The lowest BCUT2D eigenvalue weighted by molar-refractivity contribution is 0.102. The third-order valence-corrected chi connectivity index (χ3v) is 5.61. The van der Waals surface area contributed by atoms with E-state index in [0.29, 0.717) is 24.2 Å². The van der Waals surface area contributed by atoms with Crippen molar-refractivity contribution in [3.05, 3.63) is 39.8 Å². The van der Waals surface area contributed by atoms with Crippen molar-refractivity contribution in [2.45, 2.75) is 18.2 Å². The molecule has 4 N–H and O–H groups in total. The van der Waals surface area contributed by atoms with Gasteiger partial charge in [0.1, 0.15) is 5.69 Å². The van der Waals surface area contributed by atoms with Crippen LogP contribution in [-0.2, 0) is 16.4 Å². The summed E-state index contributed by atoms with van der Waals surface area (Å²) in [6.07, 6.45) is 0.618. The number of hydrogen-bond donors (Lipinski definition) is 3. The van der Waals surface area contributed by atoms with Crippen molar-refractivity contribution in [1.82, 2.24) is 9.71 Å². The Morgan fingerprint density at radius 1 is 1.38 bits per heavy atom. The smallest absolute Gasteiger partial charge is 0.275 e. The molecule has 10 heteroatoms. The van der Waals surface area contributed by atoms with Crippen LogP contribution < -0.4 is 15.8 Å². The lowest BCUT2D eigenvalue weighted by Crippen LogP contribution is -2.20. The second kappa shape index (κ2) is 8.54. The molecule has 1 aromatic carbocycles. The molecule has 2 rings (SSSR count). The van der Waals surface area contributed by atoms with E-state index in [1.165, 1.54) is 24.5 Å². The number of hydrogen-bond acceptors (Lipinski definition) is 6. The zero-order valence-corrected chi connectivity index (χ0v) is 15.6. The quantitative estimate of drug-likeness (QED) is 0.692. The van der Waals surface area contributed by atoms with Crippen LogP contribution in [0.3, 0.4) is 0 Å². The molecule has 0 aliphatic carbocycles. The highest BCUT2D eigenvalue weighted by Crippen LogP contribution is 2.21. The van der Waals surface area contributed by atoms with Crippen LogP contribution in [0.25, 0.3) is 0 Å². The molecule has 0 bridgehead atoms. The van der Waals surface area contributed by atoms with E-state index in [9.17, 15) is 13.2 Å². The van der Waals surface area contributed by atoms with Crippen LogP contribution >= 0.6 is 23.7 Å². The van der Waals surface area contributed by atoms with E-state index >= 15 is 0 Å². The maximum absolute atomic E-state index is 12.2. The second-order valence-electron chi connectivity index (χ2n) is 4.81. The third kappa shape index (κ3) is 4.74. The zero-order valence-electron chi connectivity index (χ0n) is 13.2. The lowest BCUT2D eigenvalue weighted by Gasteiger charge is -2.09. The predicted molar refractivity (Wildman–Crippen MR) is 97.5 cm³/mol. The highest BCUT2D eigenvalue weighted by atomic mass is 35.5. The van der Waals surface area contributed by atoms with Gasteiger partial charge in [0.2, 0.25) is 10.0 Å². The van der Waals surface area contributed by atoms with Gasteiger partial charge in [-0.05, 0) is 38.2 Å². The highest BCUT2D eigenvalue weighted by Gasteiger charge is 2.17. The van der Waals surface area contributed by atoms with Gasteiger partial charge in [-0.25, -0.2) is 18.1 Å². The van der Waals surface area contributed by atoms with Crippen LogP contribution in [0.5, 0.6) is 0 Å². The number of amides is 1. The molecule has 0 spiro atoms. The van der Waals surface area contributed by atoms with Crippen molar-refractivity contribution in [2.75, 3.05) is 18.9 Å². The summed E-state index contributed by atoms with van der Waals surface area (Å²) in [7, 11) is -2.24. The Morgan fingerprint density at radius 2 is 2.08 bits per heavy atom. The summed E-state index contributed by atoms with van der Waals surface area (Å²) in [5, 5.41) is 5.10. The molecule has 1 aromatic heterocycles. The first-order valence-electron chi connectivity index (χ1n) is 6.87. The number of nitrogens with zero attached hydrogens (tertiary/aromatic N) is 1. The van der Waals surface area contributed by atoms with Gasteiger partial charge < -0.3 is 11.1 Å². The van der Waals surface area contributed by atoms with Gasteiger partial charge in [0.25, 0.3) is 5.91 Å². The number of carbonyl (C=O) groups excluding carboxylic acids is 1. The highest BCUT2D eigenvalue weighted by molar-refractivity contribution is 7.89. The van der Waals surface area contributed by atoms with E-state index in [1.807, 2.05) is 0 Å². The fourth-order valence-electron chi connectivity index (χ4n) is 1.93. The van der Waals surface area contributed by atoms with Crippen molar-refractivity contribution in [2.24, 2.45) is 5.73 Å². The Morgan fingerprint density at radius 3 is 2.71 bits per heavy atom. The van der Waals surface area contributed by atoms with Crippen LogP contribution in [0.1, 0.15) is 21.1 Å². The molecular formula is C14H19ClN4O3S2. The average Bonchev–Trinajstić information content (AvgIpc) is 2.98. The van der Waals surface area contributed by atoms with Gasteiger partial charge in [-0.3, -0.25) is 4.79 Å². The summed E-state index contributed by atoms with van der Waals surface area (Å²) in [6, 6.07) is 4.71. The minimum Gasteiger partial charge on any atom is -0.330 e. The van der Waals surface area contributed by atoms with Crippen LogP contribution in [0.2, 0.25) is 0 Å². The number of sulfonamides is 1. The van der Waals surface area contributed by atoms with Gasteiger partial charge in [0, 0.05) is 17.5 Å². The Bertz CT molecular complexity index is 821. The fourth-order valence-corrected chi connectivity index (χ4v) is 3.71. The molecule has 2 aromatic rings. The average molecular weight is 391 g/mol. The predicted octanol–water partition coefficient (Wildman–Crippen LogP) is 1.53. The van der Waals surface area contributed by atoms with E-state index in [1.54, 1.807) is 24.4 Å². The SMILES string of the molecule is CNS(=O)(=O)c1cc(NC(=O)c2csc(CCN)n2)ccc1C.Cl. The van der Waals surface area contributed by atoms with Gasteiger partial charge in [-0.2, -0.15) is 0 Å². The molecule has 1 amide bonds. The second-order valence-corrected chi connectivity index (χ2v) is 7.60. The fraction of sp³-hybridized carbons (Fsp3) is 0.286. The Kier molecular flexibility index (Phi) is 7.30. The monoisotopic (exact) mass is 390 g/mol. The first kappa shape index (κ1) is 20.5. The Hall–Kier alpha value is -1.52. The number of thiazole rings is 1. The molecule has 0 aliphatic heterocycles. The first-order chi connectivity index (χ1) is 10.9. The Balaban J connectivity index is 0.00000288. The van der Waals surface area contributed by atoms with Crippen LogP contribution in [0.4, 0.5) is 5.69 Å². The van der Waals surface area contributed by atoms with Crippen molar-refractivity contribution < 1.29 is 13.2 Å². The van der Waals surface area contributed by atoms with E-state index in [2.05, 4.69) is 15.0 Å². The number of halogens is 1. The number of anilines is 1.